The second kappa shape index (κ2) is 9.76. The van der Waals surface area contributed by atoms with Crippen LogP contribution in [0.4, 0.5) is 5.00 Å². The van der Waals surface area contributed by atoms with E-state index in [4.69, 9.17) is 4.74 Å². The van der Waals surface area contributed by atoms with Gasteiger partial charge in [0.05, 0.1) is 18.4 Å². The minimum absolute atomic E-state index is 0.177. The Labute approximate surface area is 199 Å². The fourth-order valence-corrected chi connectivity index (χ4v) is 6.64. The van der Waals surface area contributed by atoms with Gasteiger partial charge in [-0.15, -0.1) is 32.9 Å². The molecule has 32 heavy (non-hydrogen) atoms. The molecule has 3 heterocycles. The van der Waals surface area contributed by atoms with Crippen molar-refractivity contribution in [3.05, 3.63) is 32.3 Å². The maximum Gasteiger partial charge on any atom is 0.341 e. The molecule has 0 saturated heterocycles. The summed E-state index contributed by atoms with van der Waals surface area (Å²) in [6.45, 7) is 4.34. The van der Waals surface area contributed by atoms with Crippen LogP contribution in [-0.2, 0) is 29.4 Å². The molecule has 0 aromatic carbocycles. The van der Waals surface area contributed by atoms with Gasteiger partial charge in [-0.1, -0.05) is 25.6 Å². The first-order valence-corrected chi connectivity index (χ1v) is 13.2. The summed E-state index contributed by atoms with van der Waals surface area (Å²) in [6, 6.07) is 2.15. The quantitative estimate of drug-likeness (QED) is 0.365. The van der Waals surface area contributed by atoms with Gasteiger partial charge in [0, 0.05) is 27.7 Å². The predicted octanol–water partition coefficient (Wildman–Crippen LogP) is 5.12. The van der Waals surface area contributed by atoms with Crippen LogP contribution in [0.3, 0.4) is 0 Å². The van der Waals surface area contributed by atoms with Crippen LogP contribution in [-0.4, -0.2) is 39.5 Å². The normalized spacial score (nSPS) is 13.3. The number of anilines is 1. The van der Waals surface area contributed by atoms with Crippen molar-refractivity contribution < 1.29 is 14.3 Å². The lowest BCUT2D eigenvalue weighted by Crippen LogP contribution is -2.16. The Balaban J connectivity index is 1.44. The molecule has 7 nitrogen and oxygen atoms in total. The Morgan fingerprint density at radius 1 is 1.28 bits per heavy atom. The van der Waals surface area contributed by atoms with E-state index in [1.165, 1.54) is 40.0 Å². The van der Waals surface area contributed by atoms with E-state index >= 15 is 0 Å². The van der Waals surface area contributed by atoms with Crippen LogP contribution in [0, 0.1) is 0 Å². The zero-order valence-electron chi connectivity index (χ0n) is 18.6. The molecule has 0 spiro atoms. The van der Waals surface area contributed by atoms with Crippen LogP contribution >= 0.6 is 34.4 Å². The summed E-state index contributed by atoms with van der Waals surface area (Å²) < 4.78 is 6.89. The number of esters is 1. The minimum atomic E-state index is -0.387. The molecule has 3 aromatic rings. The number of thiophene rings is 2. The molecule has 1 N–H and O–H groups in total. The van der Waals surface area contributed by atoms with Crippen molar-refractivity contribution in [1.82, 2.24) is 14.8 Å². The third-order valence-electron chi connectivity index (χ3n) is 5.43. The molecule has 1 amide bonds. The van der Waals surface area contributed by atoms with Gasteiger partial charge in [0.1, 0.15) is 5.00 Å². The Bertz CT molecular complexity index is 1150. The highest BCUT2D eigenvalue weighted by Gasteiger charge is 2.27. The summed E-state index contributed by atoms with van der Waals surface area (Å²) in [5.74, 6) is 0.866. The smallest absolute Gasteiger partial charge is 0.341 e. The van der Waals surface area contributed by atoms with Gasteiger partial charge in [0.25, 0.3) is 0 Å². The average molecular weight is 491 g/mol. The maximum atomic E-state index is 12.7. The first kappa shape index (κ1) is 23.0. The highest BCUT2D eigenvalue weighted by atomic mass is 32.2. The molecule has 0 unspecified atom stereocenters. The van der Waals surface area contributed by atoms with E-state index < -0.39 is 0 Å². The van der Waals surface area contributed by atoms with Crippen LogP contribution in [0.2, 0.25) is 0 Å². The molecule has 3 aromatic heterocycles. The van der Waals surface area contributed by atoms with E-state index in [9.17, 15) is 9.59 Å². The van der Waals surface area contributed by atoms with Gasteiger partial charge < -0.3 is 14.6 Å². The molecule has 0 atom stereocenters. The third kappa shape index (κ3) is 4.62. The average Bonchev–Trinajstić information content (AvgIpc) is 3.48. The summed E-state index contributed by atoms with van der Waals surface area (Å²) in [6.07, 6.45) is 3.95. The summed E-state index contributed by atoms with van der Waals surface area (Å²) in [5.41, 5.74) is 2.59. The minimum Gasteiger partial charge on any atom is -0.465 e. The van der Waals surface area contributed by atoms with Crippen molar-refractivity contribution in [2.75, 3.05) is 18.2 Å². The number of methoxy groups -OCH3 is 1. The summed E-state index contributed by atoms with van der Waals surface area (Å²) in [7, 11) is 3.28. The van der Waals surface area contributed by atoms with E-state index in [-0.39, 0.29) is 17.6 Å². The summed E-state index contributed by atoms with van der Waals surface area (Å²) in [5, 5.41) is 14.9. The number of aryl methyl sites for hydroxylation is 1. The molecule has 170 valence electrons. The molecule has 4 rings (SSSR count). The molecular formula is C22H26N4O3S3. The Kier molecular flexibility index (Phi) is 7.02. The van der Waals surface area contributed by atoms with Gasteiger partial charge in [-0.2, -0.15) is 0 Å². The first-order valence-electron chi connectivity index (χ1n) is 10.5. The van der Waals surface area contributed by atoms with E-state index in [1.54, 1.807) is 11.3 Å². The number of amides is 1. The van der Waals surface area contributed by atoms with Gasteiger partial charge in [-0.05, 0) is 43.2 Å². The molecule has 0 bridgehead atoms. The third-order valence-corrected chi connectivity index (χ3v) is 8.89. The number of thioether (sulfide) groups is 1. The second-order valence-electron chi connectivity index (χ2n) is 8.00. The molecular weight excluding hydrogens is 464 g/mol. The standard InChI is InChI=1S/C22H26N4O3S3/c1-12(2)16-9-13(10-30-16)19-24-25-22(26(19)3)31-11-17(27)23-20-18(21(28)29-4)14-7-5-6-8-15(14)32-20/h9-10,12H,5-8,11H2,1-4H3,(H,23,27). The number of aromatic nitrogens is 3. The van der Waals surface area contributed by atoms with Crippen molar-refractivity contribution in [2.24, 2.45) is 7.05 Å². The van der Waals surface area contributed by atoms with Crippen molar-refractivity contribution in [3.8, 4) is 11.4 Å². The number of rotatable bonds is 7. The van der Waals surface area contributed by atoms with E-state index in [0.717, 1.165) is 42.6 Å². The summed E-state index contributed by atoms with van der Waals surface area (Å²) >= 11 is 4.54. The zero-order valence-corrected chi connectivity index (χ0v) is 21.0. The molecule has 1 aliphatic rings. The topological polar surface area (TPSA) is 86.1 Å². The lowest BCUT2D eigenvalue weighted by Gasteiger charge is -2.11. The molecule has 0 saturated carbocycles. The highest BCUT2D eigenvalue weighted by molar-refractivity contribution is 7.99. The van der Waals surface area contributed by atoms with Gasteiger partial charge in [-0.3, -0.25) is 4.79 Å². The van der Waals surface area contributed by atoms with E-state index in [2.05, 4.69) is 40.8 Å². The Morgan fingerprint density at radius 3 is 2.78 bits per heavy atom. The number of carbonyl (C=O) groups excluding carboxylic acids is 2. The van der Waals surface area contributed by atoms with Gasteiger partial charge >= 0.3 is 5.97 Å². The van der Waals surface area contributed by atoms with Crippen LogP contribution in [0.1, 0.15) is 58.3 Å². The van der Waals surface area contributed by atoms with Crippen LogP contribution in [0.5, 0.6) is 0 Å². The van der Waals surface area contributed by atoms with Gasteiger partial charge in [0.2, 0.25) is 5.91 Å². The van der Waals surface area contributed by atoms with Gasteiger partial charge in [0.15, 0.2) is 11.0 Å². The van der Waals surface area contributed by atoms with Crippen molar-refractivity contribution >= 4 is 51.3 Å². The van der Waals surface area contributed by atoms with Crippen LogP contribution in [0.15, 0.2) is 16.6 Å². The Morgan fingerprint density at radius 2 is 2.06 bits per heavy atom. The second-order valence-corrected chi connectivity index (χ2v) is 11.0. The summed E-state index contributed by atoms with van der Waals surface area (Å²) in [4.78, 5) is 27.5. The number of nitrogens with zero attached hydrogens (tertiary/aromatic N) is 3. The lowest BCUT2D eigenvalue weighted by atomic mass is 9.95. The highest BCUT2D eigenvalue weighted by Crippen LogP contribution is 2.38. The van der Waals surface area contributed by atoms with Crippen LogP contribution in [0.25, 0.3) is 11.4 Å². The van der Waals surface area contributed by atoms with Crippen molar-refractivity contribution in [1.29, 1.82) is 0 Å². The number of nitrogens with one attached hydrogen (secondary N) is 1. The maximum absolute atomic E-state index is 12.7. The van der Waals surface area contributed by atoms with E-state index in [0.29, 0.717) is 21.6 Å². The number of ether oxygens (including phenoxy) is 1. The van der Waals surface area contributed by atoms with Crippen molar-refractivity contribution in [2.45, 2.75) is 50.6 Å². The van der Waals surface area contributed by atoms with E-state index in [1.807, 2.05) is 11.6 Å². The predicted molar refractivity (Wildman–Crippen MR) is 130 cm³/mol. The first-order chi connectivity index (χ1) is 15.4. The zero-order chi connectivity index (χ0) is 22.8. The molecule has 0 aliphatic heterocycles. The monoisotopic (exact) mass is 490 g/mol. The molecule has 10 heteroatoms. The van der Waals surface area contributed by atoms with Crippen LogP contribution < -0.4 is 5.32 Å². The van der Waals surface area contributed by atoms with Gasteiger partial charge in [-0.25, -0.2) is 4.79 Å². The van der Waals surface area contributed by atoms with Crippen molar-refractivity contribution in [3.63, 3.8) is 0 Å². The number of hydrogen-bond donors (Lipinski definition) is 1. The SMILES string of the molecule is COC(=O)c1c(NC(=O)CSc2nnc(-c3csc(C(C)C)c3)n2C)sc2c1CCCC2. The fourth-order valence-electron chi connectivity index (χ4n) is 3.73. The molecule has 0 fully saturated rings. The number of hydrogen-bond acceptors (Lipinski definition) is 8. The molecule has 1 aliphatic carbocycles. The number of carbonyl (C=O) groups is 2. The fraction of sp³-hybridized carbons (Fsp3) is 0.455. The molecule has 0 radical (unpaired) electrons. The Hall–Kier alpha value is -2.17. The lowest BCUT2D eigenvalue weighted by molar-refractivity contribution is -0.113. The largest absolute Gasteiger partial charge is 0.465 e. The number of fused-ring (bicyclic) bond motifs is 1.